The van der Waals surface area contributed by atoms with Gasteiger partial charge in [-0.05, 0) is 24.5 Å². The van der Waals surface area contributed by atoms with E-state index in [2.05, 4.69) is 44.0 Å². The van der Waals surface area contributed by atoms with Crippen molar-refractivity contribution in [1.82, 2.24) is 19.8 Å². The Kier molecular flexibility index (Phi) is 5.43. The Morgan fingerprint density at radius 1 is 1.07 bits per heavy atom. The number of nitrogens with zero attached hydrogens (tertiary/aromatic N) is 4. The standard InChI is InChI=1S/C21H29N5O/c1-17(27)24-10-12-25(13-11-24)20-7-3-2-6-18(20)14-22-15-19-16-23-21-8-4-5-9-26(19)21/h2-3,6-7,16,22H,4-5,8-15H2,1H3. The fourth-order valence-electron chi connectivity index (χ4n) is 4.18. The van der Waals surface area contributed by atoms with Crippen molar-refractivity contribution in [2.24, 2.45) is 0 Å². The Morgan fingerprint density at radius 3 is 2.70 bits per heavy atom. The minimum Gasteiger partial charge on any atom is -0.368 e. The fraction of sp³-hybridized carbons (Fsp3) is 0.524. The molecule has 1 aromatic heterocycles. The molecule has 27 heavy (non-hydrogen) atoms. The quantitative estimate of drug-likeness (QED) is 0.880. The van der Waals surface area contributed by atoms with Crippen molar-refractivity contribution in [3.8, 4) is 0 Å². The summed E-state index contributed by atoms with van der Waals surface area (Å²) in [5, 5.41) is 3.61. The summed E-state index contributed by atoms with van der Waals surface area (Å²) in [7, 11) is 0. The molecule has 0 radical (unpaired) electrons. The van der Waals surface area contributed by atoms with E-state index < -0.39 is 0 Å². The Bertz CT molecular complexity index is 792. The molecule has 144 valence electrons. The zero-order chi connectivity index (χ0) is 18.6. The van der Waals surface area contributed by atoms with E-state index in [0.29, 0.717) is 0 Å². The largest absolute Gasteiger partial charge is 0.368 e. The third-order valence-corrected chi connectivity index (χ3v) is 5.73. The Morgan fingerprint density at radius 2 is 1.89 bits per heavy atom. The number of nitrogens with one attached hydrogen (secondary N) is 1. The van der Waals surface area contributed by atoms with Crippen LogP contribution in [0.25, 0.3) is 0 Å². The van der Waals surface area contributed by atoms with Crippen LogP contribution < -0.4 is 10.2 Å². The summed E-state index contributed by atoms with van der Waals surface area (Å²) >= 11 is 0. The highest BCUT2D eigenvalue weighted by Crippen LogP contribution is 2.22. The van der Waals surface area contributed by atoms with Crippen LogP contribution in [0.2, 0.25) is 0 Å². The molecule has 1 aromatic carbocycles. The van der Waals surface area contributed by atoms with Gasteiger partial charge in [-0.2, -0.15) is 0 Å². The molecular weight excluding hydrogens is 338 g/mol. The van der Waals surface area contributed by atoms with Crippen molar-refractivity contribution in [2.75, 3.05) is 31.1 Å². The maximum atomic E-state index is 11.6. The first-order valence-corrected chi connectivity index (χ1v) is 10.0. The van der Waals surface area contributed by atoms with Gasteiger partial charge >= 0.3 is 0 Å². The SMILES string of the molecule is CC(=O)N1CCN(c2ccccc2CNCc2cnc3n2CCCC3)CC1. The molecule has 1 N–H and O–H groups in total. The van der Waals surface area contributed by atoms with Gasteiger partial charge in [-0.1, -0.05) is 18.2 Å². The van der Waals surface area contributed by atoms with Gasteiger partial charge in [0.15, 0.2) is 0 Å². The summed E-state index contributed by atoms with van der Waals surface area (Å²) in [5.74, 6) is 1.41. The predicted octanol–water partition coefficient (Wildman–Crippen LogP) is 2.18. The molecule has 2 aliphatic heterocycles. The van der Waals surface area contributed by atoms with Crippen molar-refractivity contribution in [3.05, 3.63) is 47.5 Å². The second-order valence-electron chi connectivity index (χ2n) is 7.50. The highest BCUT2D eigenvalue weighted by molar-refractivity contribution is 5.73. The molecule has 6 nitrogen and oxygen atoms in total. The van der Waals surface area contributed by atoms with Crippen molar-refractivity contribution >= 4 is 11.6 Å². The monoisotopic (exact) mass is 367 g/mol. The fourth-order valence-corrected chi connectivity index (χ4v) is 4.18. The number of carbonyl (C=O) groups excluding carboxylic acids is 1. The molecule has 1 amide bonds. The summed E-state index contributed by atoms with van der Waals surface area (Å²) in [4.78, 5) is 20.5. The smallest absolute Gasteiger partial charge is 0.219 e. The van der Waals surface area contributed by atoms with Crippen LogP contribution in [0.4, 0.5) is 5.69 Å². The summed E-state index contributed by atoms with van der Waals surface area (Å²) in [6, 6.07) is 8.60. The molecule has 0 bridgehead atoms. The maximum Gasteiger partial charge on any atom is 0.219 e. The third-order valence-electron chi connectivity index (χ3n) is 5.73. The van der Waals surface area contributed by atoms with Crippen LogP contribution in [0.15, 0.2) is 30.5 Å². The number of fused-ring (bicyclic) bond motifs is 1. The molecule has 2 aromatic rings. The van der Waals surface area contributed by atoms with Gasteiger partial charge in [0.2, 0.25) is 5.91 Å². The van der Waals surface area contributed by atoms with Crippen LogP contribution in [0, 0.1) is 0 Å². The number of hydrogen-bond acceptors (Lipinski definition) is 4. The molecule has 6 heteroatoms. The lowest BCUT2D eigenvalue weighted by molar-refractivity contribution is -0.129. The number of aromatic nitrogens is 2. The van der Waals surface area contributed by atoms with Crippen molar-refractivity contribution in [1.29, 1.82) is 0 Å². The molecular formula is C21H29N5O. The van der Waals surface area contributed by atoms with Crippen LogP contribution in [0.3, 0.4) is 0 Å². The van der Waals surface area contributed by atoms with Crippen molar-refractivity contribution < 1.29 is 4.79 Å². The second kappa shape index (κ2) is 8.13. The average molecular weight is 367 g/mol. The normalized spacial score (nSPS) is 17.1. The lowest BCUT2D eigenvalue weighted by Crippen LogP contribution is -2.48. The van der Waals surface area contributed by atoms with Crippen LogP contribution in [0.1, 0.15) is 36.8 Å². The lowest BCUT2D eigenvalue weighted by Gasteiger charge is -2.36. The number of anilines is 1. The Balaban J connectivity index is 1.37. The van der Waals surface area contributed by atoms with E-state index >= 15 is 0 Å². The highest BCUT2D eigenvalue weighted by atomic mass is 16.2. The second-order valence-corrected chi connectivity index (χ2v) is 7.50. The van der Waals surface area contributed by atoms with Gasteiger partial charge in [0.05, 0.1) is 5.69 Å². The average Bonchev–Trinajstić information content (AvgIpc) is 3.12. The molecule has 0 spiro atoms. The van der Waals surface area contributed by atoms with E-state index in [-0.39, 0.29) is 5.91 Å². The number of amides is 1. The molecule has 1 saturated heterocycles. The van der Waals surface area contributed by atoms with E-state index in [9.17, 15) is 4.79 Å². The summed E-state index contributed by atoms with van der Waals surface area (Å²) in [6.07, 6.45) is 5.65. The summed E-state index contributed by atoms with van der Waals surface area (Å²) < 4.78 is 2.38. The maximum absolute atomic E-state index is 11.6. The van der Waals surface area contributed by atoms with Crippen LogP contribution in [-0.2, 0) is 30.8 Å². The van der Waals surface area contributed by atoms with Gasteiger partial charge in [0.1, 0.15) is 5.82 Å². The molecule has 0 saturated carbocycles. The van der Waals surface area contributed by atoms with Gasteiger partial charge in [0.25, 0.3) is 0 Å². The van der Waals surface area contributed by atoms with E-state index in [0.717, 1.165) is 52.2 Å². The number of para-hydroxylation sites is 1. The minimum atomic E-state index is 0.175. The topological polar surface area (TPSA) is 53.4 Å². The Hall–Kier alpha value is -2.34. The summed E-state index contributed by atoms with van der Waals surface area (Å²) in [5.41, 5.74) is 3.88. The molecule has 0 atom stereocenters. The van der Waals surface area contributed by atoms with Gasteiger partial charge in [-0.3, -0.25) is 4.79 Å². The van der Waals surface area contributed by atoms with Crippen LogP contribution in [-0.4, -0.2) is 46.5 Å². The predicted molar refractivity (Wildman–Crippen MR) is 107 cm³/mol. The third kappa shape index (κ3) is 4.00. The van der Waals surface area contributed by atoms with Crippen molar-refractivity contribution in [3.63, 3.8) is 0 Å². The van der Waals surface area contributed by atoms with Crippen LogP contribution >= 0.6 is 0 Å². The van der Waals surface area contributed by atoms with Crippen molar-refractivity contribution in [2.45, 2.75) is 45.8 Å². The lowest BCUT2D eigenvalue weighted by atomic mass is 10.1. The minimum absolute atomic E-state index is 0.175. The molecule has 3 heterocycles. The van der Waals surface area contributed by atoms with E-state index in [1.807, 2.05) is 11.1 Å². The zero-order valence-corrected chi connectivity index (χ0v) is 16.2. The molecule has 0 unspecified atom stereocenters. The molecule has 4 rings (SSSR count). The number of imidazole rings is 1. The summed E-state index contributed by atoms with van der Waals surface area (Å²) in [6.45, 7) is 7.84. The van der Waals surface area contributed by atoms with Gasteiger partial charge < -0.3 is 19.7 Å². The zero-order valence-electron chi connectivity index (χ0n) is 16.2. The van der Waals surface area contributed by atoms with Crippen LogP contribution in [0.5, 0.6) is 0 Å². The molecule has 2 aliphatic rings. The first-order chi connectivity index (χ1) is 13.2. The molecule has 1 fully saturated rings. The number of aryl methyl sites for hydroxylation is 1. The first-order valence-electron chi connectivity index (χ1n) is 10.0. The Labute approximate surface area is 161 Å². The van der Waals surface area contributed by atoms with E-state index in [4.69, 9.17) is 0 Å². The molecule has 0 aliphatic carbocycles. The first kappa shape index (κ1) is 18.0. The highest BCUT2D eigenvalue weighted by Gasteiger charge is 2.20. The van der Waals surface area contributed by atoms with E-state index in [1.54, 1.807) is 6.92 Å². The van der Waals surface area contributed by atoms with Gasteiger partial charge in [-0.15, -0.1) is 0 Å². The number of benzene rings is 1. The number of hydrogen-bond donors (Lipinski definition) is 1. The number of piperazine rings is 1. The number of carbonyl (C=O) groups is 1. The van der Waals surface area contributed by atoms with E-state index in [1.165, 1.54) is 35.6 Å². The number of rotatable bonds is 5. The van der Waals surface area contributed by atoms with Gasteiger partial charge in [-0.25, -0.2) is 4.98 Å². The van der Waals surface area contributed by atoms with Gasteiger partial charge in [0, 0.05) is 71.0 Å².